The van der Waals surface area contributed by atoms with Gasteiger partial charge in [0.15, 0.2) is 0 Å². The summed E-state index contributed by atoms with van der Waals surface area (Å²) < 4.78 is 22.6. The number of hydrogen-bond donors (Lipinski definition) is 1. The van der Waals surface area contributed by atoms with Crippen molar-refractivity contribution >= 4 is 11.9 Å². The first-order valence-corrected chi connectivity index (χ1v) is 15.5. The number of allylic oxidation sites excluding steroid dienone is 6. The molecule has 6 unspecified atom stereocenters. The molecule has 0 amide bonds. The van der Waals surface area contributed by atoms with E-state index >= 15 is 0 Å². The van der Waals surface area contributed by atoms with Crippen LogP contribution in [0.1, 0.15) is 80.6 Å². The summed E-state index contributed by atoms with van der Waals surface area (Å²) in [5, 5.41) is 10.9. The van der Waals surface area contributed by atoms with E-state index in [4.69, 9.17) is 18.9 Å². The Morgan fingerprint density at radius 2 is 1.79 bits per heavy atom. The van der Waals surface area contributed by atoms with E-state index in [2.05, 4.69) is 32.9 Å². The number of hydrogen-bond acceptors (Lipinski definition) is 7. The van der Waals surface area contributed by atoms with Crippen molar-refractivity contribution in [1.82, 2.24) is 0 Å². The van der Waals surface area contributed by atoms with Crippen LogP contribution in [0.25, 0.3) is 0 Å². The van der Waals surface area contributed by atoms with Gasteiger partial charge < -0.3 is 24.1 Å². The van der Waals surface area contributed by atoms with Crippen molar-refractivity contribution in [3.63, 3.8) is 0 Å². The van der Waals surface area contributed by atoms with Crippen LogP contribution in [-0.2, 0) is 28.5 Å². The van der Waals surface area contributed by atoms with Gasteiger partial charge in [-0.25, -0.2) is 0 Å². The monoisotopic (exact) mass is 586 g/mol. The van der Waals surface area contributed by atoms with Crippen LogP contribution in [0.5, 0.6) is 0 Å². The third-order valence-electron chi connectivity index (χ3n) is 8.86. The average molecular weight is 587 g/mol. The van der Waals surface area contributed by atoms with Gasteiger partial charge in [-0.15, -0.1) is 0 Å². The third-order valence-corrected chi connectivity index (χ3v) is 8.86. The van der Waals surface area contributed by atoms with Gasteiger partial charge in [-0.2, -0.15) is 0 Å². The Hall–Kier alpha value is -2.48. The van der Waals surface area contributed by atoms with Gasteiger partial charge in [0.1, 0.15) is 19.0 Å². The molecule has 7 heteroatoms. The van der Waals surface area contributed by atoms with E-state index in [1.54, 1.807) is 13.2 Å². The molecule has 0 bridgehead atoms. The highest BCUT2D eigenvalue weighted by Crippen LogP contribution is 2.32. The van der Waals surface area contributed by atoms with Crippen molar-refractivity contribution in [2.45, 2.75) is 105 Å². The van der Waals surface area contributed by atoms with E-state index in [-0.39, 0.29) is 61.0 Å². The lowest BCUT2D eigenvalue weighted by atomic mass is 9.81. The van der Waals surface area contributed by atoms with Crippen molar-refractivity contribution in [3.8, 4) is 0 Å². The molecule has 2 aliphatic heterocycles. The van der Waals surface area contributed by atoms with E-state index in [0.29, 0.717) is 18.8 Å². The van der Waals surface area contributed by atoms with E-state index in [1.165, 1.54) is 0 Å². The fourth-order valence-electron chi connectivity index (χ4n) is 5.81. The Morgan fingerprint density at radius 1 is 1.07 bits per heavy atom. The molecule has 0 spiro atoms. The molecule has 0 saturated carbocycles. The van der Waals surface area contributed by atoms with E-state index in [1.807, 2.05) is 58.1 Å². The lowest BCUT2D eigenvalue weighted by Crippen LogP contribution is -2.36. The first kappa shape index (κ1) is 35.7. The van der Waals surface area contributed by atoms with Crippen LogP contribution in [0.15, 0.2) is 59.8 Å². The van der Waals surface area contributed by atoms with E-state index < -0.39 is 12.2 Å². The lowest BCUT2D eigenvalue weighted by molar-refractivity contribution is -0.162. The standard InChI is InChI=1S/C35H54O7/c1-9-31-27(6)29(21-33(38)41-31)18-12-10-15-24(3)34-25(4)16-11-13-19-30(36)28(7)35(40-22-39-8)26(5)23(2)17-14-20-32(37)42-34/h10-13,15-17,19,25-31,34-36H,9,14,18,20-22H2,1-8H3/b12-10+,16-11-,19-13-,23-17+,24-15+/t25-,26?,27?,28?,29?,30?,31-,34?,35-/m0/s1. The molecular weight excluding hydrogens is 532 g/mol. The number of esters is 2. The molecule has 0 aromatic heterocycles. The first-order valence-electron chi connectivity index (χ1n) is 15.5. The van der Waals surface area contributed by atoms with Gasteiger partial charge in [-0.05, 0) is 50.5 Å². The predicted octanol–water partition coefficient (Wildman–Crippen LogP) is 6.88. The second-order valence-electron chi connectivity index (χ2n) is 12.0. The number of aliphatic hydroxyl groups excluding tert-OH is 1. The Labute approximate surface area is 253 Å². The molecule has 2 heterocycles. The van der Waals surface area contributed by atoms with Gasteiger partial charge in [-0.1, -0.05) is 88.8 Å². The minimum atomic E-state index is -0.697. The fourth-order valence-corrected chi connectivity index (χ4v) is 5.81. The molecule has 9 atom stereocenters. The minimum Gasteiger partial charge on any atom is -0.462 e. The zero-order valence-corrected chi connectivity index (χ0v) is 27.0. The maximum absolute atomic E-state index is 12.9. The normalized spacial score (nSPS) is 37.0. The summed E-state index contributed by atoms with van der Waals surface area (Å²) in [4.78, 5) is 24.9. The molecule has 1 saturated heterocycles. The average Bonchev–Trinajstić information content (AvgIpc) is 2.96. The van der Waals surface area contributed by atoms with Crippen LogP contribution < -0.4 is 0 Å². The molecule has 0 aliphatic carbocycles. The molecule has 1 N–H and O–H groups in total. The van der Waals surface area contributed by atoms with Crippen LogP contribution >= 0.6 is 0 Å². The zero-order chi connectivity index (χ0) is 31.2. The summed E-state index contributed by atoms with van der Waals surface area (Å²) in [6.45, 7) is 14.4. The smallest absolute Gasteiger partial charge is 0.306 e. The predicted molar refractivity (Wildman–Crippen MR) is 166 cm³/mol. The molecule has 0 aromatic rings. The number of carbonyl (C=O) groups is 2. The number of cyclic esters (lactones) is 2. The van der Waals surface area contributed by atoms with Crippen molar-refractivity contribution in [3.05, 3.63) is 59.8 Å². The summed E-state index contributed by atoms with van der Waals surface area (Å²) in [6.07, 6.45) is 17.2. The minimum absolute atomic E-state index is 0.0157. The molecule has 0 radical (unpaired) electrons. The Morgan fingerprint density at radius 3 is 2.48 bits per heavy atom. The molecule has 1 fully saturated rings. The summed E-state index contributed by atoms with van der Waals surface area (Å²) in [6, 6.07) is 0. The summed E-state index contributed by atoms with van der Waals surface area (Å²) in [5.74, 6) is -0.00380. The topological polar surface area (TPSA) is 91.3 Å². The lowest BCUT2D eigenvalue weighted by Gasteiger charge is -2.34. The highest BCUT2D eigenvalue weighted by molar-refractivity contribution is 5.71. The number of ether oxygens (including phenoxy) is 4. The van der Waals surface area contributed by atoms with E-state index in [9.17, 15) is 14.7 Å². The van der Waals surface area contributed by atoms with Crippen LogP contribution in [0, 0.1) is 29.6 Å². The van der Waals surface area contributed by atoms with Crippen LogP contribution in [0.2, 0.25) is 0 Å². The fraction of sp³-hybridized carbons (Fsp3) is 0.657. The highest BCUT2D eigenvalue weighted by atomic mass is 16.7. The summed E-state index contributed by atoms with van der Waals surface area (Å²) >= 11 is 0. The second-order valence-corrected chi connectivity index (χ2v) is 12.0. The van der Waals surface area contributed by atoms with Gasteiger partial charge in [0.05, 0.1) is 12.2 Å². The maximum Gasteiger partial charge on any atom is 0.306 e. The first-order chi connectivity index (χ1) is 20.0. The van der Waals surface area contributed by atoms with Gasteiger partial charge in [-0.3, -0.25) is 9.59 Å². The number of rotatable bonds is 8. The van der Waals surface area contributed by atoms with Crippen LogP contribution in [-0.4, -0.2) is 55.4 Å². The Bertz CT molecular complexity index is 1010. The Kier molecular flexibility index (Phi) is 15.5. The summed E-state index contributed by atoms with van der Waals surface area (Å²) in [5.41, 5.74) is 2.03. The van der Waals surface area contributed by atoms with Gasteiger partial charge in [0, 0.05) is 37.7 Å². The van der Waals surface area contributed by atoms with Crippen molar-refractivity contribution in [1.29, 1.82) is 0 Å². The van der Waals surface area contributed by atoms with Gasteiger partial charge in [0.2, 0.25) is 0 Å². The van der Waals surface area contributed by atoms with Crippen LogP contribution in [0.3, 0.4) is 0 Å². The molecule has 42 heavy (non-hydrogen) atoms. The summed E-state index contributed by atoms with van der Waals surface area (Å²) in [7, 11) is 1.58. The van der Waals surface area contributed by atoms with E-state index in [0.717, 1.165) is 24.0 Å². The molecule has 236 valence electrons. The molecule has 0 aromatic carbocycles. The number of aliphatic hydroxyl groups is 1. The SMILES string of the molecule is CC[C@@H]1OC(=O)CC(C/C=C/C=C(\C)C2OC(=O)CC/C=C(\C)C(C)[C@H](OCOC)C(C)C(O)/C=C\C=C/[C@@H]2C)C1C. The maximum atomic E-state index is 12.9. The van der Waals surface area contributed by atoms with Gasteiger partial charge in [0.25, 0.3) is 0 Å². The Balaban J connectivity index is 2.21. The molecule has 2 rings (SSSR count). The van der Waals surface area contributed by atoms with Crippen molar-refractivity contribution in [2.75, 3.05) is 13.9 Å². The largest absolute Gasteiger partial charge is 0.462 e. The van der Waals surface area contributed by atoms with Gasteiger partial charge >= 0.3 is 11.9 Å². The molecular formula is C35H54O7. The van der Waals surface area contributed by atoms with Crippen LogP contribution in [0.4, 0.5) is 0 Å². The third kappa shape index (κ3) is 11.0. The second kappa shape index (κ2) is 18.2. The quantitative estimate of drug-likeness (QED) is 0.143. The number of carbonyl (C=O) groups excluding carboxylic acids is 2. The van der Waals surface area contributed by atoms with Crippen molar-refractivity contribution in [2.24, 2.45) is 29.6 Å². The molecule has 2 aliphatic rings. The highest BCUT2D eigenvalue weighted by Gasteiger charge is 2.34. The zero-order valence-electron chi connectivity index (χ0n) is 27.0. The van der Waals surface area contributed by atoms with Crippen molar-refractivity contribution < 1.29 is 33.6 Å². The number of methoxy groups -OCH3 is 1. The molecule has 7 nitrogen and oxygen atoms in total.